The van der Waals surface area contributed by atoms with Gasteiger partial charge in [-0.1, -0.05) is 129 Å². The van der Waals surface area contributed by atoms with Gasteiger partial charge in [0.2, 0.25) is 0 Å². The van der Waals surface area contributed by atoms with Crippen molar-refractivity contribution in [3.63, 3.8) is 0 Å². The SMILES string of the molecule is CCCCCCCCCCCCNC(=O)NCCCCCCCCCCCC.Cl. The van der Waals surface area contributed by atoms with E-state index in [-0.39, 0.29) is 18.4 Å². The zero-order valence-corrected chi connectivity index (χ0v) is 20.7. The third kappa shape index (κ3) is 27.6. The monoisotopic (exact) mass is 432 g/mol. The van der Waals surface area contributed by atoms with Crippen LogP contribution in [0.25, 0.3) is 0 Å². The first-order chi connectivity index (χ1) is 13.8. The standard InChI is InChI=1S/C25H52N2O.ClH/c1-3-5-7-9-11-13-15-17-19-21-23-26-25(28)27-24-22-20-18-16-14-12-10-8-6-4-2;/h3-24H2,1-2H3,(H2,26,27,28);1H. The highest BCUT2D eigenvalue weighted by atomic mass is 35.5. The second-order valence-electron chi connectivity index (χ2n) is 8.55. The molecule has 0 fully saturated rings. The van der Waals surface area contributed by atoms with Gasteiger partial charge < -0.3 is 10.6 Å². The summed E-state index contributed by atoms with van der Waals surface area (Å²) in [5, 5.41) is 5.99. The Morgan fingerprint density at radius 1 is 0.448 bits per heavy atom. The second-order valence-corrected chi connectivity index (χ2v) is 8.55. The van der Waals surface area contributed by atoms with Gasteiger partial charge in [0, 0.05) is 13.1 Å². The van der Waals surface area contributed by atoms with E-state index in [2.05, 4.69) is 24.5 Å². The number of rotatable bonds is 22. The van der Waals surface area contributed by atoms with E-state index in [4.69, 9.17) is 0 Å². The Balaban J connectivity index is 0. The molecule has 0 bridgehead atoms. The summed E-state index contributed by atoms with van der Waals surface area (Å²) in [4.78, 5) is 11.7. The molecule has 176 valence electrons. The topological polar surface area (TPSA) is 41.1 Å². The van der Waals surface area contributed by atoms with Crippen molar-refractivity contribution in [1.82, 2.24) is 10.6 Å². The van der Waals surface area contributed by atoms with Crippen LogP contribution in [-0.2, 0) is 0 Å². The first-order valence-corrected chi connectivity index (χ1v) is 12.8. The van der Waals surface area contributed by atoms with Crippen molar-refractivity contribution >= 4 is 18.4 Å². The van der Waals surface area contributed by atoms with E-state index in [0.717, 1.165) is 25.9 Å². The molecule has 2 amide bonds. The number of carbonyl (C=O) groups is 1. The molecular formula is C25H53ClN2O. The van der Waals surface area contributed by atoms with Crippen molar-refractivity contribution in [2.45, 2.75) is 142 Å². The Morgan fingerprint density at radius 3 is 0.966 bits per heavy atom. The average molecular weight is 433 g/mol. The molecule has 0 saturated carbocycles. The maximum atomic E-state index is 11.7. The summed E-state index contributed by atoms with van der Waals surface area (Å²) in [6.07, 6.45) is 26.7. The van der Waals surface area contributed by atoms with Crippen LogP contribution in [0.4, 0.5) is 4.79 Å². The number of amides is 2. The normalized spacial score (nSPS) is 10.6. The number of carbonyl (C=O) groups excluding carboxylic acids is 1. The summed E-state index contributed by atoms with van der Waals surface area (Å²) >= 11 is 0. The number of hydrogen-bond donors (Lipinski definition) is 2. The highest BCUT2D eigenvalue weighted by molar-refractivity contribution is 5.85. The van der Waals surface area contributed by atoms with Gasteiger partial charge in [0.05, 0.1) is 0 Å². The summed E-state index contributed by atoms with van der Waals surface area (Å²) < 4.78 is 0. The Hall–Kier alpha value is -0.440. The van der Waals surface area contributed by atoms with Crippen molar-refractivity contribution in [1.29, 1.82) is 0 Å². The average Bonchev–Trinajstić information content (AvgIpc) is 2.70. The molecule has 0 atom stereocenters. The van der Waals surface area contributed by atoms with Crippen LogP contribution in [0.1, 0.15) is 142 Å². The van der Waals surface area contributed by atoms with E-state index in [1.54, 1.807) is 0 Å². The fourth-order valence-corrected chi connectivity index (χ4v) is 3.69. The summed E-state index contributed by atoms with van der Waals surface area (Å²) in [7, 11) is 0. The second kappa shape index (κ2) is 27.6. The van der Waals surface area contributed by atoms with Crippen molar-refractivity contribution in [2.24, 2.45) is 0 Å². The molecule has 0 heterocycles. The first-order valence-electron chi connectivity index (χ1n) is 12.8. The number of urea groups is 1. The van der Waals surface area contributed by atoms with Gasteiger partial charge in [0.25, 0.3) is 0 Å². The molecule has 0 aliphatic rings. The number of halogens is 1. The Morgan fingerprint density at radius 2 is 0.690 bits per heavy atom. The van der Waals surface area contributed by atoms with Gasteiger partial charge in [-0.05, 0) is 12.8 Å². The lowest BCUT2D eigenvalue weighted by Gasteiger charge is -2.08. The number of unbranched alkanes of at least 4 members (excludes halogenated alkanes) is 18. The zero-order valence-electron chi connectivity index (χ0n) is 19.9. The van der Waals surface area contributed by atoms with E-state index in [9.17, 15) is 4.79 Å². The van der Waals surface area contributed by atoms with Crippen LogP contribution in [0.5, 0.6) is 0 Å². The molecule has 3 nitrogen and oxygen atoms in total. The van der Waals surface area contributed by atoms with Crippen LogP contribution in [0.3, 0.4) is 0 Å². The van der Waals surface area contributed by atoms with Crippen molar-refractivity contribution in [3.05, 3.63) is 0 Å². The maximum absolute atomic E-state index is 11.7. The molecule has 0 rings (SSSR count). The van der Waals surface area contributed by atoms with E-state index in [1.807, 2.05) is 0 Å². The molecule has 0 aliphatic carbocycles. The molecule has 0 spiro atoms. The smallest absolute Gasteiger partial charge is 0.314 e. The third-order valence-corrected chi connectivity index (χ3v) is 5.63. The maximum Gasteiger partial charge on any atom is 0.314 e. The van der Waals surface area contributed by atoms with Crippen LogP contribution in [0.2, 0.25) is 0 Å². The first kappa shape index (κ1) is 30.8. The fourth-order valence-electron chi connectivity index (χ4n) is 3.69. The lowest BCUT2D eigenvalue weighted by atomic mass is 10.1. The molecule has 0 aromatic carbocycles. The van der Waals surface area contributed by atoms with E-state index in [1.165, 1.54) is 116 Å². The van der Waals surface area contributed by atoms with Crippen LogP contribution in [0, 0.1) is 0 Å². The minimum absolute atomic E-state index is 0. The van der Waals surface area contributed by atoms with E-state index >= 15 is 0 Å². The summed E-state index contributed by atoms with van der Waals surface area (Å²) in [6, 6.07) is 0.0202. The summed E-state index contributed by atoms with van der Waals surface area (Å²) in [6.45, 7) is 6.18. The minimum atomic E-state index is 0. The molecule has 2 N–H and O–H groups in total. The molecular weight excluding hydrogens is 380 g/mol. The van der Waals surface area contributed by atoms with Crippen molar-refractivity contribution < 1.29 is 4.79 Å². The van der Waals surface area contributed by atoms with Gasteiger partial charge in [-0.15, -0.1) is 12.4 Å². The molecule has 0 saturated heterocycles. The number of hydrogen-bond acceptors (Lipinski definition) is 1. The van der Waals surface area contributed by atoms with E-state index in [0.29, 0.717) is 0 Å². The Labute approximate surface area is 189 Å². The zero-order chi connectivity index (χ0) is 20.5. The van der Waals surface area contributed by atoms with E-state index < -0.39 is 0 Å². The van der Waals surface area contributed by atoms with Gasteiger partial charge in [-0.3, -0.25) is 0 Å². The van der Waals surface area contributed by atoms with Crippen LogP contribution in [-0.4, -0.2) is 19.1 Å². The lowest BCUT2D eigenvalue weighted by molar-refractivity contribution is 0.240. The van der Waals surface area contributed by atoms with Gasteiger partial charge in [0.1, 0.15) is 0 Å². The van der Waals surface area contributed by atoms with Gasteiger partial charge >= 0.3 is 6.03 Å². The number of nitrogens with one attached hydrogen (secondary N) is 2. The Kier molecular flexibility index (Phi) is 29.2. The van der Waals surface area contributed by atoms with Gasteiger partial charge in [-0.25, -0.2) is 4.79 Å². The largest absolute Gasteiger partial charge is 0.338 e. The van der Waals surface area contributed by atoms with Crippen LogP contribution in [0.15, 0.2) is 0 Å². The van der Waals surface area contributed by atoms with Gasteiger partial charge in [-0.2, -0.15) is 0 Å². The fraction of sp³-hybridized carbons (Fsp3) is 0.960. The summed E-state index contributed by atoms with van der Waals surface area (Å²) in [5.74, 6) is 0. The Bertz CT molecular complexity index is 285. The third-order valence-electron chi connectivity index (χ3n) is 5.63. The van der Waals surface area contributed by atoms with Gasteiger partial charge in [0.15, 0.2) is 0 Å². The molecule has 0 aromatic rings. The molecule has 4 heteroatoms. The molecule has 0 aliphatic heterocycles. The highest BCUT2D eigenvalue weighted by Crippen LogP contribution is 2.11. The van der Waals surface area contributed by atoms with Crippen molar-refractivity contribution in [3.8, 4) is 0 Å². The quantitative estimate of drug-likeness (QED) is 0.165. The predicted octanol–water partition coefficient (Wildman–Crippen LogP) is 8.55. The van der Waals surface area contributed by atoms with Crippen LogP contribution >= 0.6 is 12.4 Å². The lowest BCUT2D eigenvalue weighted by Crippen LogP contribution is -2.36. The van der Waals surface area contributed by atoms with Crippen molar-refractivity contribution in [2.75, 3.05) is 13.1 Å². The highest BCUT2D eigenvalue weighted by Gasteiger charge is 1.99. The molecule has 0 unspecified atom stereocenters. The summed E-state index contributed by atoms with van der Waals surface area (Å²) in [5.41, 5.74) is 0. The molecule has 29 heavy (non-hydrogen) atoms. The van der Waals surface area contributed by atoms with Crippen LogP contribution < -0.4 is 10.6 Å². The molecule has 0 aromatic heterocycles. The minimum Gasteiger partial charge on any atom is -0.338 e. The molecule has 0 radical (unpaired) electrons. The predicted molar refractivity (Wildman–Crippen MR) is 132 cm³/mol.